The average Bonchev–Trinajstić information content (AvgIpc) is 2.39. The molecule has 0 aliphatic carbocycles. The van der Waals surface area contributed by atoms with Crippen molar-refractivity contribution in [3.05, 3.63) is 29.8 Å². The number of phenolic OH excluding ortho intramolecular Hbond substituents is 1. The van der Waals surface area contributed by atoms with Crippen molar-refractivity contribution in [1.82, 2.24) is 4.90 Å². The van der Waals surface area contributed by atoms with Gasteiger partial charge in [0.25, 0.3) is 0 Å². The number of hydrogen-bond donors (Lipinski definition) is 1. The van der Waals surface area contributed by atoms with Gasteiger partial charge in [0, 0.05) is 0 Å². The van der Waals surface area contributed by atoms with Crippen LogP contribution < -0.4 is 0 Å². The second-order valence-electron chi connectivity index (χ2n) is 4.37. The molecule has 18 heavy (non-hydrogen) atoms. The Morgan fingerprint density at radius 2 is 2.00 bits per heavy atom. The summed E-state index contributed by atoms with van der Waals surface area (Å²) in [6.45, 7) is 1.79. The smallest absolute Gasteiger partial charge is 0.325 e. The second-order valence-corrected chi connectivity index (χ2v) is 4.37. The van der Waals surface area contributed by atoms with E-state index in [1.165, 1.54) is 12.0 Å². The van der Waals surface area contributed by atoms with E-state index in [1.54, 1.807) is 24.3 Å². The van der Waals surface area contributed by atoms with E-state index in [4.69, 9.17) is 0 Å². The summed E-state index contributed by atoms with van der Waals surface area (Å²) in [5, 5.41) is 9.24. The number of amides is 1. The highest BCUT2D eigenvalue weighted by Gasteiger charge is 2.45. The molecule has 1 aliphatic rings. The van der Waals surface area contributed by atoms with E-state index >= 15 is 0 Å². The molecule has 1 heterocycles. The summed E-state index contributed by atoms with van der Waals surface area (Å²) in [5.74, 6) is -0.465. The number of ether oxygens (including phenoxy) is 1. The van der Waals surface area contributed by atoms with Gasteiger partial charge in [-0.2, -0.15) is 0 Å². The van der Waals surface area contributed by atoms with Gasteiger partial charge in [-0.3, -0.25) is 9.59 Å². The lowest BCUT2D eigenvalue weighted by Crippen LogP contribution is -2.55. The van der Waals surface area contributed by atoms with Gasteiger partial charge in [-0.05, 0) is 17.7 Å². The summed E-state index contributed by atoms with van der Waals surface area (Å²) in [6, 6.07) is 6.53. The van der Waals surface area contributed by atoms with Crippen molar-refractivity contribution in [2.75, 3.05) is 13.7 Å². The van der Waals surface area contributed by atoms with Crippen molar-refractivity contribution >= 4 is 11.9 Å². The van der Waals surface area contributed by atoms with Crippen LogP contribution in [0.25, 0.3) is 0 Å². The third-order valence-corrected chi connectivity index (χ3v) is 3.24. The Balaban J connectivity index is 2.17. The van der Waals surface area contributed by atoms with Crippen molar-refractivity contribution in [2.24, 2.45) is 5.92 Å². The third kappa shape index (κ3) is 2.03. The molecule has 2 atom stereocenters. The van der Waals surface area contributed by atoms with Crippen molar-refractivity contribution in [3.63, 3.8) is 0 Å². The number of phenols is 1. The van der Waals surface area contributed by atoms with Crippen molar-refractivity contribution in [1.29, 1.82) is 0 Å². The van der Waals surface area contributed by atoms with Crippen LogP contribution in [0.5, 0.6) is 5.75 Å². The molecule has 0 radical (unpaired) electrons. The molecule has 1 aromatic rings. The number of likely N-dealkylation sites (tertiary alicyclic amines) is 1. The molecule has 1 fully saturated rings. The van der Waals surface area contributed by atoms with Gasteiger partial charge in [0.2, 0.25) is 5.91 Å². The van der Waals surface area contributed by atoms with Crippen LogP contribution in [0.3, 0.4) is 0 Å². The molecular weight excluding hydrogens is 234 g/mol. The quantitative estimate of drug-likeness (QED) is 0.643. The van der Waals surface area contributed by atoms with Gasteiger partial charge in [-0.1, -0.05) is 19.1 Å². The van der Waals surface area contributed by atoms with Gasteiger partial charge in [0.15, 0.2) is 0 Å². The summed E-state index contributed by atoms with van der Waals surface area (Å²) in [6.07, 6.45) is 0. The maximum Gasteiger partial charge on any atom is 0.325 e. The monoisotopic (exact) mass is 249 g/mol. The fourth-order valence-electron chi connectivity index (χ4n) is 2.24. The Labute approximate surface area is 105 Å². The molecule has 5 nitrogen and oxygen atoms in total. The Morgan fingerprint density at radius 1 is 1.39 bits per heavy atom. The second kappa shape index (κ2) is 4.68. The summed E-state index contributed by atoms with van der Waals surface area (Å²) in [5.41, 5.74) is 0.906. The van der Waals surface area contributed by atoms with Crippen molar-refractivity contribution < 1.29 is 19.4 Å². The number of benzene rings is 1. The molecule has 2 rings (SSSR count). The van der Waals surface area contributed by atoms with E-state index in [2.05, 4.69) is 4.74 Å². The third-order valence-electron chi connectivity index (χ3n) is 3.24. The Morgan fingerprint density at radius 3 is 2.56 bits per heavy atom. The lowest BCUT2D eigenvalue weighted by molar-refractivity contribution is -0.163. The molecule has 1 aliphatic heterocycles. The highest BCUT2D eigenvalue weighted by Crippen LogP contribution is 2.39. The minimum Gasteiger partial charge on any atom is -0.508 e. The minimum absolute atomic E-state index is 0.0365. The molecule has 0 aromatic heterocycles. The van der Waals surface area contributed by atoms with Gasteiger partial charge in [0.1, 0.15) is 12.3 Å². The zero-order valence-corrected chi connectivity index (χ0v) is 10.3. The fraction of sp³-hybridized carbons (Fsp3) is 0.385. The van der Waals surface area contributed by atoms with Crippen LogP contribution in [0.2, 0.25) is 0 Å². The molecular formula is C13H15NO4. The van der Waals surface area contributed by atoms with Gasteiger partial charge < -0.3 is 14.7 Å². The Kier molecular flexibility index (Phi) is 3.23. The van der Waals surface area contributed by atoms with Gasteiger partial charge in [-0.25, -0.2) is 0 Å². The molecule has 96 valence electrons. The first-order chi connectivity index (χ1) is 8.54. The SMILES string of the molecule is COC(=O)CN1C(=O)C(C)C1c1ccc(O)cc1. The number of methoxy groups -OCH3 is 1. The molecule has 2 unspecified atom stereocenters. The van der Waals surface area contributed by atoms with Gasteiger partial charge in [-0.15, -0.1) is 0 Å². The Hall–Kier alpha value is -2.04. The maximum atomic E-state index is 11.7. The number of carbonyl (C=O) groups is 2. The summed E-state index contributed by atoms with van der Waals surface area (Å²) >= 11 is 0. The Bertz CT molecular complexity index is 468. The highest BCUT2D eigenvalue weighted by molar-refractivity contribution is 5.89. The number of β-lactam (4-membered cyclic amide) rings is 1. The van der Waals surface area contributed by atoms with E-state index in [-0.39, 0.29) is 30.2 Å². The molecule has 1 N–H and O–H groups in total. The van der Waals surface area contributed by atoms with E-state index in [0.717, 1.165) is 5.56 Å². The first-order valence-corrected chi connectivity index (χ1v) is 5.71. The average molecular weight is 249 g/mol. The standard InChI is InChI=1S/C13H15NO4/c1-8-12(9-3-5-10(15)6-4-9)14(13(8)17)7-11(16)18-2/h3-6,8,12,15H,7H2,1-2H3. The minimum atomic E-state index is -0.431. The molecule has 5 heteroatoms. The predicted molar refractivity (Wildman–Crippen MR) is 63.7 cm³/mol. The molecule has 1 aromatic carbocycles. The molecule has 1 saturated heterocycles. The molecule has 0 saturated carbocycles. The summed E-state index contributed by atoms with van der Waals surface area (Å²) in [4.78, 5) is 24.5. The van der Waals surface area contributed by atoms with Crippen LogP contribution >= 0.6 is 0 Å². The highest BCUT2D eigenvalue weighted by atomic mass is 16.5. The number of aromatic hydroxyl groups is 1. The van der Waals surface area contributed by atoms with Crippen molar-refractivity contribution in [2.45, 2.75) is 13.0 Å². The van der Waals surface area contributed by atoms with E-state index < -0.39 is 5.97 Å². The van der Waals surface area contributed by atoms with Crippen LogP contribution in [-0.2, 0) is 14.3 Å². The number of nitrogens with zero attached hydrogens (tertiary/aromatic N) is 1. The number of rotatable bonds is 3. The summed E-state index contributed by atoms with van der Waals surface area (Å²) < 4.78 is 4.57. The number of carbonyl (C=O) groups excluding carboxylic acids is 2. The first kappa shape index (κ1) is 12.4. The van der Waals surface area contributed by atoms with E-state index in [1.807, 2.05) is 6.92 Å². The van der Waals surface area contributed by atoms with Crippen LogP contribution in [-0.4, -0.2) is 35.5 Å². The zero-order chi connectivity index (χ0) is 13.3. The van der Waals surface area contributed by atoms with Crippen LogP contribution in [0.1, 0.15) is 18.5 Å². The molecule has 0 spiro atoms. The fourth-order valence-corrected chi connectivity index (χ4v) is 2.24. The van der Waals surface area contributed by atoms with E-state index in [9.17, 15) is 14.7 Å². The predicted octanol–water partition coefficient (Wildman–Crippen LogP) is 1.08. The van der Waals surface area contributed by atoms with Crippen LogP contribution in [0.15, 0.2) is 24.3 Å². The summed E-state index contributed by atoms with van der Waals surface area (Å²) in [7, 11) is 1.30. The lowest BCUT2D eigenvalue weighted by atomic mass is 9.84. The number of esters is 1. The maximum absolute atomic E-state index is 11.7. The largest absolute Gasteiger partial charge is 0.508 e. The van der Waals surface area contributed by atoms with E-state index in [0.29, 0.717) is 0 Å². The van der Waals surface area contributed by atoms with Crippen molar-refractivity contribution in [3.8, 4) is 5.75 Å². The normalized spacial score (nSPS) is 22.6. The molecule has 0 bridgehead atoms. The first-order valence-electron chi connectivity index (χ1n) is 5.71. The van der Waals surface area contributed by atoms with Crippen LogP contribution in [0.4, 0.5) is 0 Å². The topological polar surface area (TPSA) is 66.8 Å². The zero-order valence-electron chi connectivity index (χ0n) is 10.3. The van der Waals surface area contributed by atoms with Gasteiger partial charge in [0.05, 0.1) is 19.1 Å². The van der Waals surface area contributed by atoms with Crippen LogP contribution in [0, 0.1) is 5.92 Å². The van der Waals surface area contributed by atoms with Gasteiger partial charge >= 0.3 is 5.97 Å². The number of hydrogen-bond acceptors (Lipinski definition) is 4. The lowest BCUT2D eigenvalue weighted by Gasteiger charge is -2.45. The molecule has 1 amide bonds.